The van der Waals surface area contributed by atoms with Gasteiger partial charge in [-0.2, -0.15) is 0 Å². The van der Waals surface area contributed by atoms with Crippen LogP contribution < -0.4 is 4.74 Å². The number of benzene rings is 1. The third-order valence-corrected chi connectivity index (χ3v) is 2.86. The molecule has 2 nitrogen and oxygen atoms in total. The van der Waals surface area contributed by atoms with Crippen LogP contribution in [0.2, 0.25) is 0 Å². The van der Waals surface area contributed by atoms with E-state index in [0.29, 0.717) is 24.3 Å². The Balaban J connectivity index is 2.43. The molecule has 0 atom stereocenters. The van der Waals surface area contributed by atoms with Gasteiger partial charge in [-0.25, -0.2) is 4.39 Å². The summed E-state index contributed by atoms with van der Waals surface area (Å²) < 4.78 is 19.0. The minimum Gasteiger partial charge on any atom is -0.493 e. The summed E-state index contributed by atoms with van der Waals surface area (Å²) in [6.45, 7) is 2.81. The molecule has 1 rings (SSSR count). The van der Waals surface area contributed by atoms with Crippen molar-refractivity contribution in [3.05, 3.63) is 29.6 Å². The third-order valence-electron chi connectivity index (χ3n) is 2.86. The van der Waals surface area contributed by atoms with Gasteiger partial charge < -0.3 is 9.84 Å². The van der Waals surface area contributed by atoms with Gasteiger partial charge in [-0.3, -0.25) is 0 Å². The Morgan fingerprint density at radius 2 is 1.95 bits per heavy atom. The van der Waals surface area contributed by atoms with Crippen LogP contribution in [0.4, 0.5) is 4.39 Å². The molecular formula is C17H23FO2. The van der Waals surface area contributed by atoms with Gasteiger partial charge in [0.25, 0.3) is 0 Å². The molecule has 0 aromatic heterocycles. The lowest BCUT2D eigenvalue weighted by Crippen LogP contribution is -1.98. The van der Waals surface area contributed by atoms with Crippen molar-refractivity contribution in [1.29, 1.82) is 0 Å². The van der Waals surface area contributed by atoms with E-state index >= 15 is 0 Å². The maximum Gasteiger partial charge on any atom is 0.128 e. The first-order valence-electron chi connectivity index (χ1n) is 7.29. The molecule has 1 aromatic rings. The fourth-order valence-electron chi connectivity index (χ4n) is 1.83. The Morgan fingerprint density at radius 1 is 1.15 bits per heavy atom. The highest BCUT2D eigenvalue weighted by molar-refractivity contribution is 5.40. The van der Waals surface area contributed by atoms with Gasteiger partial charge in [0, 0.05) is 18.1 Å². The van der Waals surface area contributed by atoms with Crippen molar-refractivity contribution < 1.29 is 14.2 Å². The van der Waals surface area contributed by atoms with Crippen LogP contribution in [0.25, 0.3) is 0 Å². The van der Waals surface area contributed by atoms with Crippen molar-refractivity contribution in [2.24, 2.45) is 0 Å². The van der Waals surface area contributed by atoms with Gasteiger partial charge in [-0.15, -0.1) is 0 Å². The molecule has 1 aromatic carbocycles. The van der Waals surface area contributed by atoms with E-state index in [1.165, 1.54) is 31.4 Å². The Morgan fingerprint density at radius 3 is 2.70 bits per heavy atom. The monoisotopic (exact) mass is 278 g/mol. The highest BCUT2D eigenvalue weighted by atomic mass is 19.1. The average molecular weight is 278 g/mol. The fraction of sp³-hybridized carbons (Fsp3) is 0.529. The minimum absolute atomic E-state index is 0.0173. The van der Waals surface area contributed by atoms with E-state index in [1.54, 1.807) is 6.07 Å². The average Bonchev–Trinajstić information content (AvgIpc) is 2.42. The molecule has 0 aliphatic heterocycles. The molecule has 0 heterocycles. The summed E-state index contributed by atoms with van der Waals surface area (Å²) in [6, 6.07) is 4.49. The van der Waals surface area contributed by atoms with Gasteiger partial charge >= 0.3 is 0 Å². The third kappa shape index (κ3) is 7.16. The fourth-order valence-corrected chi connectivity index (χ4v) is 1.83. The largest absolute Gasteiger partial charge is 0.493 e. The molecule has 0 bridgehead atoms. The van der Waals surface area contributed by atoms with Crippen LogP contribution in [0, 0.1) is 17.7 Å². The van der Waals surface area contributed by atoms with Crippen molar-refractivity contribution in [2.75, 3.05) is 13.2 Å². The number of hydrogen-bond donors (Lipinski definition) is 1. The summed E-state index contributed by atoms with van der Waals surface area (Å²) >= 11 is 0. The lowest BCUT2D eigenvalue weighted by Gasteiger charge is -2.06. The summed E-state index contributed by atoms with van der Waals surface area (Å²) in [5.41, 5.74) is 0.583. The zero-order valence-electron chi connectivity index (χ0n) is 12.1. The predicted octanol–water partition coefficient (Wildman–Crippen LogP) is 3.91. The molecule has 1 N–H and O–H groups in total. The maximum absolute atomic E-state index is 13.4. The molecule has 0 fully saturated rings. The van der Waals surface area contributed by atoms with Crippen LogP contribution in [0.3, 0.4) is 0 Å². The van der Waals surface area contributed by atoms with Crippen molar-refractivity contribution >= 4 is 0 Å². The molecule has 3 heteroatoms. The Kier molecular flexibility index (Phi) is 8.49. The molecule has 0 saturated heterocycles. The van der Waals surface area contributed by atoms with Crippen molar-refractivity contribution in [3.8, 4) is 17.6 Å². The zero-order chi connectivity index (χ0) is 14.6. The van der Waals surface area contributed by atoms with Gasteiger partial charge in [0.05, 0.1) is 13.2 Å². The van der Waals surface area contributed by atoms with Crippen LogP contribution in [0.5, 0.6) is 5.75 Å². The van der Waals surface area contributed by atoms with Crippen molar-refractivity contribution in [1.82, 2.24) is 0 Å². The Labute approximate surface area is 121 Å². The lowest BCUT2D eigenvalue weighted by molar-refractivity contribution is 0.303. The first kappa shape index (κ1) is 16.5. The Bertz CT molecular complexity index is 446. The quantitative estimate of drug-likeness (QED) is 0.577. The standard InChI is InChI=1S/C17H23FO2/c1-2-3-4-5-8-11-20-17-13-15(9-6-7-10-19)12-16(18)14-17/h12-14,19H,2-5,7-8,10-11H2,1H3. The first-order chi connectivity index (χ1) is 9.76. The number of aliphatic hydroxyl groups is 1. The summed E-state index contributed by atoms with van der Waals surface area (Å²) in [4.78, 5) is 0. The summed E-state index contributed by atoms with van der Waals surface area (Å²) in [6.07, 6.45) is 6.23. The second kappa shape index (κ2) is 10.3. The topological polar surface area (TPSA) is 29.5 Å². The van der Waals surface area contributed by atoms with Gasteiger partial charge in [-0.05, 0) is 18.6 Å². The molecule has 20 heavy (non-hydrogen) atoms. The molecular weight excluding hydrogens is 255 g/mol. The highest BCUT2D eigenvalue weighted by Gasteiger charge is 2.00. The van der Waals surface area contributed by atoms with E-state index in [1.807, 2.05) is 0 Å². The molecule has 0 radical (unpaired) electrons. The SMILES string of the molecule is CCCCCCCOc1cc(F)cc(C#CCCO)c1. The normalized spacial score (nSPS) is 9.95. The predicted molar refractivity (Wildman–Crippen MR) is 79.2 cm³/mol. The second-order valence-electron chi connectivity index (χ2n) is 4.71. The van der Waals surface area contributed by atoms with Crippen LogP contribution in [0.1, 0.15) is 51.0 Å². The molecule has 0 aliphatic carbocycles. The smallest absolute Gasteiger partial charge is 0.128 e. The summed E-state index contributed by atoms with van der Waals surface area (Å²) in [5, 5.41) is 8.66. The first-order valence-corrected chi connectivity index (χ1v) is 7.29. The Hall–Kier alpha value is -1.53. The van der Waals surface area contributed by atoms with E-state index < -0.39 is 0 Å². The van der Waals surface area contributed by atoms with Gasteiger partial charge in [0.2, 0.25) is 0 Å². The van der Waals surface area contributed by atoms with Crippen LogP contribution >= 0.6 is 0 Å². The molecule has 0 aliphatic rings. The van der Waals surface area contributed by atoms with Gasteiger partial charge in [0.1, 0.15) is 11.6 Å². The van der Waals surface area contributed by atoms with Gasteiger partial charge in [0.15, 0.2) is 0 Å². The van der Waals surface area contributed by atoms with E-state index in [4.69, 9.17) is 9.84 Å². The van der Waals surface area contributed by atoms with E-state index in [9.17, 15) is 4.39 Å². The van der Waals surface area contributed by atoms with Gasteiger partial charge in [-0.1, -0.05) is 44.4 Å². The molecule has 0 unspecified atom stereocenters. The second-order valence-corrected chi connectivity index (χ2v) is 4.71. The van der Waals surface area contributed by atoms with Crippen LogP contribution in [-0.2, 0) is 0 Å². The molecule has 0 spiro atoms. The van der Waals surface area contributed by atoms with Crippen LogP contribution in [-0.4, -0.2) is 18.3 Å². The number of aliphatic hydroxyl groups excluding tert-OH is 1. The van der Waals surface area contributed by atoms with Crippen molar-refractivity contribution in [2.45, 2.75) is 45.4 Å². The van der Waals surface area contributed by atoms with Crippen LogP contribution in [0.15, 0.2) is 18.2 Å². The number of unbranched alkanes of at least 4 members (excludes halogenated alkanes) is 4. The molecule has 110 valence electrons. The zero-order valence-corrected chi connectivity index (χ0v) is 12.1. The number of halogens is 1. The van der Waals surface area contributed by atoms with E-state index in [2.05, 4.69) is 18.8 Å². The summed E-state index contributed by atoms with van der Waals surface area (Å²) in [5.74, 6) is 5.77. The number of ether oxygens (including phenoxy) is 1. The highest BCUT2D eigenvalue weighted by Crippen LogP contribution is 2.16. The number of rotatable bonds is 8. The van der Waals surface area contributed by atoms with Crippen molar-refractivity contribution in [3.63, 3.8) is 0 Å². The maximum atomic E-state index is 13.4. The van der Waals surface area contributed by atoms with E-state index in [-0.39, 0.29) is 12.4 Å². The van der Waals surface area contributed by atoms with E-state index in [0.717, 1.165) is 12.8 Å². The lowest BCUT2D eigenvalue weighted by atomic mass is 10.2. The number of hydrogen-bond acceptors (Lipinski definition) is 2. The molecule has 0 amide bonds. The molecule has 0 saturated carbocycles. The minimum atomic E-state index is -0.346. The summed E-state index contributed by atoms with van der Waals surface area (Å²) in [7, 11) is 0.